The zero-order valence-electron chi connectivity index (χ0n) is 6.34. The van der Waals surface area contributed by atoms with E-state index in [0.717, 1.165) is 18.3 Å². The Bertz CT molecular complexity index is 510. The average Bonchev–Trinajstić information content (AvgIpc) is 2.46. The molecule has 0 radical (unpaired) electrons. The van der Waals surface area contributed by atoms with Gasteiger partial charge in [-0.25, -0.2) is 0 Å². The number of nitrogens with zero attached hydrogens (tertiary/aromatic N) is 1. The third-order valence-corrected chi connectivity index (χ3v) is 3.93. The largest absolute Gasteiger partial charge is 0.192 e. The fourth-order valence-corrected chi connectivity index (χ4v) is 3.44. The summed E-state index contributed by atoms with van der Waals surface area (Å²) >= 11 is 8.49. The highest BCUT2D eigenvalue weighted by atomic mass is 79.9. The first-order valence-corrected chi connectivity index (χ1v) is 5.89. The zero-order valence-corrected chi connectivity index (χ0v) is 10.3. The van der Waals surface area contributed by atoms with Crippen LogP contribution in [0.1, 0.15) is 5.56 Å². The van der Waals surface area contributed by atoms with Crippen LogP contribution in [0.3, 0.4) is 0 Å². The van der Waals surface area contributed by atoms with Gasteiger partial charge < -0.3 is 0 Å². The molecule has 2 rings (SSSR count). The Morgan fingerprint density at radius 2 is 2.00 bits per heavy atom. The van der Waals surface area contributed by atoms with Gasteiger partial charge in [0.15, 0.2) is 0 Å². The van der Waals surface area contributed by atoms with Gasteiger partial charge in [-0.15, -0.1) is 11.3 Å². The summed E-state index contributed by atoms with van der Waals surface area (Å²) in [4.78, 5) is 0. The van der Waals surface area contributed by atoms with Crippen molar-refractivity contribution in [3.63, 3.8) is 0 Å². The Morgan fingerprint density at radius 1 is 1.23 bits per heavy atom. The van der Waals surface area contributed by atoms with E-state index in [-0.39, 0.29) is 0 Å². The molecule has 0 saturated carbocycles. The standard InChI is InChI=1S/C9H3Br2NS/c10-7-1-5(4-12)2-8-6(7)3-9(11)13-8/h1-3H. The number of nitriles is 1. The lowest BCUT2D eigenvalue weighted by Crippen LogP contribution is -1.73. The molecule has 0 aliphatic rings. The molecular weight excluding hydrogens is 314 g/mol. The smallest absolute Gasteiger partial charge is 0.0992 e. The van der Waals surface area contributed by atoms with E-state index in [2.05, 4.69) is 37.9 Å². The highest BCUT2D eigenvalue weighted by molar-refractivity contribution is 9.11. The number of hydrogen-bond acceptors (Lipinski definition) is 2. The van der Waals surface area contributed by atoms with Gasteiger partial charge in [0.1, 0.15) is 0 Å². The van der Waals surface area contributed by atoms with Crippen molar-refractivity contribution in [2.75, 3.05) is 0 Å². The van der Waals surface area contributed by atoms with Crippen LogP contribution in [0.2, 0.25) is 0 Å². The van der Waals surface area contributed by atoms with E-state index in [4.69, 9.17) is 5.26 Å². The minimum absolute atomic E-state index is 0.689. The third kappa shape index (κ3) is 1.64. The quantitative estimate of drug-likeness (QED) is 0.711. The molecule has 1 aromatic carbocycles. The second-order valence-electron chi connectivity index (χ2n) is 2.53. The SMILES string of the molecule is N#Cc1cc(Br)c2cc(Br)sc2c1. The maximum atomic E-state index is 8.75. The Morgan fingerprint density at radius 3 is 2.69 bits per heavy atom. The Labute approximate surface area is 96.2 Å². The topological polar surface area (TPSA) is 23.8 Å². The number of hydrogen-bond donors (Lipinski definition) is 0. The summed E-state index contributed by atoms with van der Waals surface area (Å²) in [5.41, 5.74) is 0.689. The summed E-state index contributed by atoms with van der Waals surface area (Å²) in [5.74, 6) is 0. The maximum Gasteiger partial charge on any atom is 0.0992 e. The molecule has 0 spiro atoms. The molecule has 2 aromatic rings. The van der Waals surface area contributed by atoms with Crippen molar-refractivity contribution in [3.05, 3.63) is 32.0 Å². The zero-order chi connectivity index (χ0) is 9.42. The summed E-state index contributed by atoms with van der Waals surface area (Å²) in [5, 5.41) is 9.90. The van der Waals surface area contributed by atoms with Gasteiger partial charge >= 0.3 is 0 Å². The lowest BCUT2D eigenvalue weighted by Gasteiger charge is -1.93. The summed E-state index contributed by atoms with van der Waals surface area (Å²) in [7, 11) is 0. The highest BCUT2D eigenvalue weighted by Gasteiger charge is 2.05. The predicted octanol–water partition coefficient (Wildman–Crippen LogP) is 4.30. The fraction of sp³-hybridized carbons (Fsp3) is 0. The first kappa shape index (κ1) is 9.20. The molecule has 0 atom stereocenters. The van der Waals surface area contributed by atoms with Crippen LogP contribution in [0, 0.1) is 11.3 Å². The van der Waals surface area contributed by atoms with E-state index in [0.29, 0.717) is 5.56 Å². The molecule has 64 valence electrons. The monoisotopic (exact) mass is 315 g/mol. The van der Waals surface area contributed by atoms with Gasteiger partial charge in [0.25, 0.3) is 0 Å². The van der Waals surface area contributed by atoms with Crippen LogP contribution in [0.5, 0.6) is 0 Å². The molecule has 0 amide bonds. The highest BCUT2D eigenvalue weighted by Crippen LogP contribution is 2.35. The van der Waals surface area contributed by atoms with E-state index in [1.54, 1.807) is 11.3 Å². The molecule has 0 saturated heterocycles. The normalized spacial score (nSPS) is 10.2. The average molecular weight is 317 g/mol. The van der Waals surface area contributed by atoms with Gasteiger partial charge in [0, 0.05) is 14.6 Å². The summed E-state index contributed by atoms with van der Waals surface area (Å²) < 4.78 is 3.18. The molecule has 0 bridgehead atoms. The second kappa shape index (κ2) is 3.41. The number of thiophene rings is 1. The first-order chi connectivity index (χ1) is 6.20. The van der Waals surface area contributed by atoms with Crippen LogP contribution in [-0.4, -0.2) is 0 Å². The molecule has 4 heteroatoms. The van der Waals surface area contributed by atoms with Crippen molar-refractivity contribution in [2.24, 2.45) is 0 Å². The van der Waals surface area contributed by atoms with Crippen molar-refractivity contribution in [1.82, 2.24) is 0 Å². The van der Waals surface area contributed by atoms with Gasteiger partial charge in [-0.1, -0.05) is 15.9 Å². The second-order valence-corrected chi connectivity index (χ2v) is 5.85. The Kier molecular flexibility index (Phi) is 2.41. The molecular formula is C9H3Br2NS. The first-order valence-electron chi connectivity index (χ1n) is 3.49. The minimum Gasteiger partial charge on any atom is -0.192 e. The van der Waals surface area contributed by atoms with Crippen molar-refractivity contribution in [2.45, 2.75) is 0 Å². The van der Waals surface area contributed by atoms with Crippen molar-refractivity contribution >= 4 is 53.3 Å². The number of halogens is 2. The van der Waals surface area contributed by atoms with Crippen LogP contribution < -0.4 is 0 Å². The van der Waals surface area contributed by atoms with E-state index in [1.807, 2.05) is 18.2 Å². The molecule has 1 nitrogen and oxygen atoms in total. The summed E-state index contributed by atoms with van der Waals surface area (Å²) in [6.07, 6.45) is 0. The molecule has 0 aliphatic carbocycles. The van der Waals surface area contributed by atoms with Gasteiger partial charge in [0.05, 0.1) is 15.4 Å². The van der Waals surface area contributed by atoms with E-state index in [9.17, 15) is 0 Å². The number of rotatable bonds is 0. The maximum absolute atomic E-state index is 8.75. The molecule has 1 aromatic heterocycles. The lowest BCUT2D eigenvalue weighted by atomic mass is 10.2. The van der Waals surface area contributed by atoms with Gasteiger partial charge in [-0.2, -0.15) is 5.26 Å². The predicted molar refractivity (Wildman–Crippen MR) is 61.9 cm³/mol. The summed E-state index contributed by atoms with van der Waals surface area (Å²) in [6.45, 7) is 0. The Hall–Kier alpha value is -0.370. The fourth-order valence-electron chi connectivity index (χ4n) is 1.13. The van der Waals surface area contributed by atoms with Crippen LogP contribution in [0.4, 0.5) is 0 Å². The number of benzene rings is 1. The molecule has 1 heterocycles. The molecule has 0 fully saturated rings. The van der Waals surface area contributed by atoms with Crippen LogP contribution in [-0.2, 0) is 0 Å². The van der Waals surface area contributed by atoms with Crippen LogP contribution >= 0.6 is 43.2 Å². The van der Waals surface area contributed by atoms with E-state index < -0.39 is 0 Å². The van der Waals surface area contributed by atoms with Gasteiger partial charge in [-0.3, -0.25) is 0 Å². The van der Waals surface area contributed by atoms with Crippen molar-refractivity contribution < 1.29 is 0 Å². The molecule has 13 heavy (non-hydrogen) atoms. The van der Waals surface area contributed by atoms with Gasteiger partial charge in [0.2, 0.25) is 0 Å². The van der Waals surface area contributed by atoms with Gasteiger partial charge in [-0.05, 0) is 34.1 Å². The number of fused-ring (bicyclic) bond motifs is 1. The summed E-state index contributed by atoms with van der Waals surface area (Å²) in [6, 6.07) is 7.91. The molecule has 0 N–H and O–H groups in total. The van der Waals surface area contributed by atoms with E-state index in [1.165, 1.54) is 0 Å². The Balaban J connectivity index is 2.85. The minimum atomic E-state index is 0.689. The molecule has 0 aliphatic heterocycles. The van der Waals surface area contributed by atoms with Crippen LogP contribution in [0.25, 0.3) is 10.1 Å². The van der Waals surface area contributed by atoms with Crippen molar-refractivity contribution in [1.29, 1.82) is 5.26 Å². The van der Waals surface area contributed by atoms with Crippen molar-refractivity contribution in [3.8, 4) is 6.07 Å². The van der Waals surface area contributed by atoms with E-state index >= 15 is 0 Å². The van der Waals surface area contributed by atoms with Crippen LogP contribution in [0.15, 0.2) is 26.5 Å². The lowest BCUT2D eigenvalue weighted by molar-refractivity contribution is 1.49. The molecule has 0 unspecified atom stereocenters. The third-order valence-electron chi connectivity index (χ3n) is 1.69.